The summed E-state index contributed by atoms with van der Waals surface area (Å²) < 4.78 is 29.9. The summed E-state index contributed by atoms with van der Waals surface area (Å²) in [7, 11) is -3.91. The molecule has 100 valence electrons. The average Bonchev–Trinajstić information content (AvgIpc) is 3.15. The second-order valence-corrected chi connectivity index (χ2v) is 6.06. The van der Waals surface area contributed by atoms with Crippen LogP contribution >= 0.6 is 0 Å². The number of benzene rings is 1. The maximum atomic E-state index is 12.1. The minimum absolute atomic E-state index is 0.0519. The third kappa shape index (κ3) is 1.78. The molecular weight excluding hydrogens is 276 g/mol. The summed E-state index contributed by atoms with van der Waals surface area (Å²) in [6, 6.07) is 3.15. The van der Waals surface area contributed by atoms with Crippen LogP contribution in [0.5, 0.6) is 0 Å². The minimum atomic E-state index is -3.91. The number of hydrogen-bond donors (Lipinski definition) is 0. The Hall–Kier alpha value is -2.00. The molecule has 1 aromatic rings. The van der Waals surface area contributed by atoms with E-state index in [4.69, 9.17) is 4.74 Å². The highest BCUT2D eigenvalue weighted by Crippen LogP contribution is 2.33. The molecule has 0 aliphatic carbocycles. The second kappa shape index (κ2) is 3.75. The number of nitro benzene ring substituents is 1. The van der Waals surface area contributed by atoms with Gasteiger partial charge in [0.2, 0.25) is 0 Å². The van der Waals surface area contributed by atoms with Crippen LogP contribution in [0.3, 0.4) is 0 Å². The van der Waals surface area contributed by atoms with Crippen molar-refractivity contribution in [1.29, 1.82) is 0 Å². The van der Waals surface area contributed by atoms with Crippen molar-refractivity contribution < 1.29 is 22.9 Å². The fraction of sp³-hybridized carbons (Fsp3) is 0.300. The lowest BCUT2D eigenvalue weighted by molar-refractivity contribution is -0.384. The molecular formula is C10H8N2O6S. The largest absolute Gasteiger partial charge is 0.371 e. The number of nitro groups is 1. The number of ether oxygens (including phenoxy) is 1. The fourth-order valence-electron chi connectivity index (χ4n) is 1.93. The summed E-state index contributed by atoms with van der Waals surface area (Å²) >= 11 is 0. The zero-order valence-corrected chi connectivity index (χ0v) is 10.3. The van der Waals surface area contributed by atoms with Gasteiger partial charge in [0.1, 0.15) is 4.90 Å². The molecule has 0 unspecified atom stereocenters. The Morgan fingerprint density at radius 3 is 2.74 bits per heavy atom. The van der Waals surface area contributed by atoms with E-state index >= 15 is 0 Å². The predicted octanol–water partition coefficient (Wildman–Crippen LogP) is 0.138. The molecule has 2 aliphatic heterocycles. The van der Waals surface area contributed by atoms with Crippen LogP contribution in [-0.2, 0) is 14.8 Å². The third-order valence-electron chi connectivity index (χ3n) is 2.97. The van der Waals surface area contributed by atoms with E-state index in [1.165, 1.54) is 0 Å². The van der Waals surface area contributed by atoms with Gasteiger partial charge in [-0.25, -0.2) is 12.7 Å². The van der Waals surface area contributed by atoms with Crippen molar-refractivity contribution in [2.45, 2.75) is 11.0 Å². The van der Waals surface area contributed by atoms with Crippen LogP contribution in [0.2, 0.25) is 0 Å². The van der Waals surface area contributed by atoms with Crippen molar-refractivity contribution in [2.24, 2.45) is 0 Å². The molecule has 0 N–H and O–H groups in total. The van der Waals surface area contributed by atoms with Gasteiger partial charge in [-0.3, -0.25) is 14.9 Å². The fourth-order valence-corrected chi connectivity index (χ4v) is 3.51. The first-order valence-corrected chi connectivity index (χ1v) is 6.82. The van der Waals surface area contributed by atoms with E-state index in [1.54, 1.807) is 0 Å². The molecule has 1 aromatic carbocycles. The van der Waals surface area contributed by atoms with Crippen molar-refractivity contribution in [3.05, 3.63) is 33.9 Å². The highest BCUT2D eigenvalue weighted by molar-refractivity contribution is 7.90. The Bertz CT molecular complexity index is 694. The van der Waals surface area contributed by atoms with E-state index < -0.39 is 20.9 Å². The van der Waals surface area contributed by atoms with Gasteiger partial charge in [0.15, 0.2) is 0 Å². The topological polar surface area (TPSA) is 110 Å². The zero-order chi connectivity index (χ0) is 13.8. The predicted molar refractivity (Wildman–Crippen MR) is 61.1 cm³/mol. The molecule has 1 fully saturated rings. The number of rotatable bonds is 3. The number of epoxide rings is 1. The van der Waals surface area contributed by atoms with Crippen LogP contribution in [0.15, 0.2) is 23.1 Å². The molecule has 0 bridgehead atoms. The van der Waals surface area contributed by atoms with E-state index in [2.05, 4.69) is 0 Å². The molecule has 9 heteroatoms. The maximum Gasteiger partial charge on any atom is 0.270 e. The molecule has 0 radical (unpaired) electrons. The van der Waals surface area contributed by atoms with Gasteiger partial charge in [0, 0.05) is 12.1 Å². The van der Waals surface area contributed by atoms with Gasteiger partial charge in [-0.05, 0) is 6.07 Å². The van der Waals surface area contributed by atoms with Gasteiger partial charge < -0.3 is 4.74 Å². The molecule has 3 rings (SSSR count). The number of amides is 1. The number of nitrogens with zero attached hydrogens (tertiary/aromatic N) is 2. The van der Waals surface area contributed by atoms with E-state index in [9.17, 15) is 23.3 Å². The second-order valence-electron chi connectivity index (χ2n) is 4.23. The third-order valence-corrected chi connectivity index (χ3v) is 4.78. The summed E-state index contributed by atoms with van der Waals surface area (Å²) in [6.07, 6.45) is -0.275. The number of carbonyl (C=O) groups excluding carboxylic acids is 1. The normalized spacial score (nSPS) is 23.3. The Morgan fingerprint density at radius 1 is 1.47 bits per heavy atom. The van der Waals surface area contributed by atoms with Crippen molar-refractivity contribution in [2.75, 3.05) is 13.2 Å². The van der Waals surface area contributed by atoms with Crippen molar-refractivity contribution >= 4 is 21.6 Å². The van der Waals surface area contributed by atoms with Crippen LogP contribution in [-0.4, -0.2) is 42.8 Å². The number of sulfonamides is 1. The summed E-state index contributed by atoms with van der Waals surface area (Å²) in [5.74, 6) is -0.741. The molecule has 0 saturated carbocycles. The number of carbonyl (C=O) groups is 1. The average molecular weight is 284 g/mol. The highest BCUT2D eigenvalue weighted by Gasteiger charge is 2.44. The van der Waals surface area contributed by atoms with Crippen molar-refractivity contribution in [3.8, 4) is 0 Å². The SMILES string of the molecule is O=C1c2cc([N+](=O)[O-])ccc2S(=O)(=O)N1C[C@H]1CO1. The number of hydrogen-bond acceptors (Lipinski definition) is 6. The molecule has 1 atom stereocenters. The van der Waals surface area contributed by atoms with Crippen LogP contribution in [0.25, 0.3) is 0 Å². The number of non-ortho nitro benzene ring substituents is 1. The molecule has 19 heavy (non-hydrogen) atoms. The van der Waals surface area contributed by atoms with Gasteiger partial charge in [-0.15, -0.1) is 0 Å². The molecule has 1 saturated heterocycles. The van der Waals surface area contributed by atoms with E-state index in [0.717, 1.165) is 18.2 Å². The van der Waals surface area contributed by atoms with Crippen LogP contribution < -0.4 is 0 Å². The van der Waals surface area contributed by atoms with Crippen LogP contribution in [0, 0.1) is 10.1 Å². The summed E-state index contributed by atoms with van der Waals surface area (Å²) in [5, 5.41) is 10.6. The lowest BCUT2D eigenvalue weighted by Gasteiger charge is -2.12. The Morgan fingerprint density at radius 2 is 2.16 bits per heavy atom. The van der Waals surface area contributed by atoms with Crippen LogP contribution in [0.4, 0.5) is 5.69 Å². The van der Waals surface area contributed by atoms with Gasteiger partial charge in [0.05, 0.1) is 29.7 Å². The first kappa shape index (κ1) is 12.1. The molecule has 1 amide bonds. The molecule has 8 nitrogen and oxygen atoms in total. The summed E-state index contributed by atoms with van der Waals surface area (Å²) in [5.41, 5.74) is -0.471. The smallest absolute Gasteiger partial charge is 0.270 e. The molecule has 0 spiro atoms. The zero-order valence-electron chi connectivity index (χ0n) is 9.48. The highest BCUT2D eigenvalue weighted by atomic mass is 32.2. The quantitative estimate of drug-likeness (QED) is 0.443. The molecule has 0 aromatic heterocycles. The van der Waals surface area contributed by atoms with E-state index in [1.807, 2.05) is 0 Å². The Kier molecular flexibility index (Phi) is 2.38. The lowest BCUT2D eigenvalue weighted by Crippen LogP contribution is -2.33. The monoisotopic (exact) mass is 284 g/mol. The standard InChI is InChI=1S/C10H8N2O6S/c13-10-8-3-6(12(14)15)1-2-9(8)19(16,17)11(10)4-7-5-18-7/h1-3,7H,4-5H2/t7-/m0/s1. The Balaban J connectivity index is 2.08. The summed E-state index contributed by atoms with van der Waals surface area (Å²) in [6.45, 7) is 0.361. The van der Waals surface area contributed by atoms with Gasteiger partial charge in [0.25, 0.3) is 21.6 Å². The van der Waals surface area contributed by atoms with E-state index in [-0.39, 0.29) is 28.8 Å². The molecule has 2 heterocycles. The maximum absolute atomic E-state index is 12.1. The van der Waals surface area contributed by atoms with Gasteiger partial charge in [-0.1, -0.05) is 0 Å². The Labute approximate surface area is 107 Å². The number of fused-ring (bicyclic) bond motifs is 1. The first-order chi connectivity index (χ1) is 8.91. The first-order valence-electron chi connectivity index (χ1n) is 5.38. The van der Waals surface area contributed by atoms with Crippen LogP contribution in [0.1, 0.15) is 10.4 Å². The van der Waals surface area contributed by atoms with Gasteiger partial charge >= 0.3 is 0 Å². The van der Waals surface area contributed by atoms with Crippen molar-refractivity contribution in [3.63, 3.8) is 0 Å². The van der Waals surface area contributed by atoms with E-state index in [0.29, 0.717) is 10.9 Å². The minimum Gasteiger partial charge on any atom is -0.371 e. The lowest BCUT2D eigenvalue weighted by atomic mass is 10.2. The summed E-state index contributed by atoms with van der Waals surface area (Å²) in [4.78, 5) is 21.8. The van der Waals surface area contributed by atoms with Gasteiger partial charge in [-0.2, -0.15) is 0 Å². The van der Waals surface area contributed by atoms with Crippen molar-refractivity contribution in [1.82, 2.24) is 4.31 Å². The molecule has 2 aliphatic rings.